The van der Waals surface area contributed by atoms with E-state index in [1.165, 1.54) is 19.1 Å². The number of ether oxygens (including phenoxy) is 1. The van der Waals surface area contributed by atoms with Gasteiger partial charge in [0.1, 0.15) is 11.6 Å². The van der Waals surface area contributed by atoms with Crippen LogP contribution in [0.2, 0.25) is 0 Å². The second-order valence-corrected chi connectivity index (χ2v) is 4.03. The highest BCUT2D eigenvalue weighted by Crippen LogP contribution is 2.11. The van der Waals surface area contributed by atoms with Crippen LogP contribution in [0, 0.1) is 11.6 Å². The van der Waals surface area contributed by atoms with Crippen LogP contribution in [0.4, 0.5) is 8.78 Å². The minimum atomic E-state index is -0.882. The molecule has 0 aliphatic carbocycles. The molecule has 2 N–H and O–H groups in total. The quantitative estimate of drug-likeness (QED) is 0.857. The van der Waals surface area contributed by atoms with E-state index in [0.717, 1.165) is 12.1 Å². The highest BCUT2D eigenvalue weighted by molar-refractivity contribution is 5.94. The Labute approximate surface area is 104 Å². The van der Waals surface area contributed by atoms with E-state index in [0.29, 0.717) is 12.7 Å². The van der Waals surface area contributed by atoms with Gasteiger partial charge in [0.05, 0.1) is 12.2 Å². The van der Waals surface area contributed by atoms with Crippen molar-refractivity contribution in [1.29, 1.82) is 0 Å². The van der Waals surface area contributed by atoms with Gasteiger partial charge in [-0.25, -0.2) is 8.78 Å². The van der Waals surface area contributed by atoms with Crippen LogP contribution in [0.15, 0.2) is 18.2 Å². The van der Waals surface area contributed by atoms with Crippen molar-refractivity contribution in [2.75, 3.05) is 27.3 Å². The molecule has 1 rings (SSSR count). The fraction of sp³-hybridized carbons (Fsp3) is 0.417. The van der Waals surface area contributed by atoms with Crippen molar-refractivity contribution in [3.63, 3.8) is 0 Å². The summed E-state index contributed by atoms with van der Waals surface area (Å²) in [6, 6.07) is 2.48. The van der Waals surface area contributed by atoms with E-state index in [1.807, 2.05) is 0 Å². The average Bonchev–Trinajstić information content (AvgIpc) is 2.28. The predicted octanol–water partition coefficient (Wildman–Crippen LogP) is 1.01. The standard InChI is InChI=1S/C12H16F2N2O2/c1-16(6-9(15)7-18-2)12(17)10-4-3-8(13)5-11(10)14/h3-5,9H,6-7,15H2,1-2H3. The molecule has 0 heterocycles. The number of likely N-dealkylation sites (N-methyl/N-ethyl adjacent to an activating group) is 1. The molecule has 18 heavy (non-hydrogen) atoms. The van der Waals surface area contributed by atoms with Gasteiger partial charge in [-0.15, -0.1) is 0 Å². The Morgan fingerprint density at radius 2 is 2.17 bits per heavy atom. The van der Waals surface area contributed by atoms with Crippen LogP contribution in [-0.2, 0) is 4.74 Å². The number of methoxy groups -OCH3 is 1. The summed E-state index contributed by atoms with van der Waals surface area (Å²) in [6.07, 6.45) is 0. The normalized spacial score (nSPS) is 12.3. The summed E-state index contributed by atoms with van der Waals surface area (Å²) >= 11 is 0. The molecule has 0 saturated heterocycles. The van der Waals surface area contributed by atoms with Crippen molar-refractivity contribution < 1.29 is 18.3 Å². The molecule has 0 spiro atoms. The molecule has 100 valence electrons. The minimum Gasteiger partial charge on any atom is -0.383 e. The number of benzene rings is 1. The summed E-state index contributed by atoms with van der Waals surface area (Å²) in [5, 5.41) is 0. The fourth-order valence-corrected chi connectivity index (χ4v) is 1.57. The smallest absolute Gasteiger partial charge is 0.256 e. The van der Waals surface area contributed by atoms with E-state index in [9.17, 15) is 13.6 Å². The molecule has 4 nitrogen and oxygen atoms in total. The third-order valence-corrected chi connectivity index (χ3v) is 2.40. The number of nitrogens with zero attached hydrogens (tertiary/aromatic N) is 1. The van der Waals surface area contributed by atoms with Crippen LogP contribution >= 0.6 is 0 Å². The van der Waals surface area contributed by atoms with E-state index in [-0.39, 0.29) is 18.2 Å². The Balaban J connectivity index is 2.74. The van der Waals surface area contributed by atoms with E-state index >= 15 is 0 Å². The van der Waals surface area contributed by atoms with Gasteiger partial charge in [0.2, 0.25) is 0 Å². The Hall–Kier alpha value is -1.53. The number of hydrogen-bond donors (Lipinski definition) is 1. The van der Waals surface area contributed by atoms with E-state index < -0.39 is 17.5 Å². The van der Waals surface area contributed by atoms with Crippen LogP contribution < -0.4 is 5.73 Å². The largest absolute Gasteiger partial charge is 0.383 e. The molecular weight excluding hydrogens is 242 g/mol. The van der Waals surface area contributed by atoms with Gasteiger partial charge in [-0.1, -0.05) is 0 Å². The zero-order chi connectivity index (χ0) is 13.7. The SMILES string of the molecule is COCC(N)CN(C)C(=O)c1ccc(F)cc1F. The van der Waals surface area contributed by atoms with Crippen LogP contribution in [-0.4, -0.2) is 44.2 Å². The van der Waals surface area contributed by atoms with Crippen LogP contribution in [0.1, 0.15) is 10.4 Å². The zero-order valence-electron chi connectivity index (χ0n) is 10.3. The van der Waals surface area contributed by atoms with Crippen molar-refractivity contribution in [3.05, 3.63) is 35.4 Å². The zero-order valence-corrected chi connectivity index (χ0v) is 10.3. The van der Waals surface area contributed by atoms with Crippen molar-refractivity contribution >= 4 is 5.91 Å². The van der Waals surface area contributed by atoms with Gasteiger partial charge in [0.25, 0.3) is 5.91 Å². The van der Waals surface area contributed by atoms with Gasteiger partial charge in [0.15, 0.2) is 0 Å². The van der Waals surface area contributed by atoms with Crippen LogP contribution in [0.25, 0.3) is 0 Å². The molecule has 1 aromatic rings. The topological polar surface area (TPSA) is 55.6 Å². The summed E-state index contributed by atoms with van der Waals surface area (Å²) in [4.78, 5) is 13.2. The van der Waals surface area contributed by atoms with Crippen molar-refractivity contribution in [1.82, 2.24) is 4.90 Å². The first-order valence-electron chi connectivity index (χ1n) is 5.40. The summed E-state index contributed by atoms with van der Waals surface area (Å²) < 4.78 is 31.0. The van der Waals surface area contributed by atoms with Gasteiger partial charge in [-0.05, 0) is 12.1 Å². The van der Waals surface area contributed by atoms with Gasteiger partial charge >= 0.3 is 0 Å². The second-order valence-electron chi connectivity index (χ2n) is 4.03. The van der Waals surface area contributed by atoms with Gasteiger partial charge in [-0.3, -0.25) is 4.79 Å². The lowest BCUT2D eigenvalue weighted by atomic mass is 10.1. The average molecular weight is 258 g/mol. The fourth-order valence-electron chi connectivity index (χ4n) is 1.57. The first kappa shape index (κ1) is 14.5. The van der Waals surface area contributed by atoms with Crippen LogP contribution in [0.5, 0.6) is 0 Å². The predicted molar refractivity (Wildman–Crippen MR) is 63.2 cm³/mol. The lowest BCUT2D eigenvalue weighted by Crippen LogP contribution is -2.41. The molecule has 1 aromatic carbocycles. The van der Waals surface area contributed by atoms with Crippen LogP contribution in [0.3, 0.4) is 0 Å². The third kappa shape index (κ3) is 3.75. The molecule has 1 atom stereocenters. The maximum Gasteiger partial charge on any atom is 0.256 e. The number of carbonyl (C=O) groups is 1. The molecule has 0 aromatic heterocycles. The number of hydrogen-bond acceptors (Lipinski definition) is 3. The number of carbonyl (C=O) groups excluding carboxylic acids is 1. The maximum atomic E-state index is 13.4. The van der Waals surface area contributed by atoms with E-state index in [1.54, 1.807) is 0 Å². The summed E-state index contributed by atoms with van der Waals surface area (Å²) in [5.41, 5.74) is 5.51. The second kappa shape index (κ2) is 6.42. The van der Waals surface area contributed by atoms with Crippen molar-refractivity contribution in [2.45, 2.75) is 6.04 Å². The monoisotopic (exact) mass is 258 g/mol. The number of nitrogens with two attached hydrogens (primary N) is 1. The molecule has 1 unspecified atom stereocenters. The minimum absolute atomic E-state index is 0.177. The number of halogens is 2. The summed E-state index contributed by atoms with van der Waals surface area (Å²) in [7, 11) is 3.00. The maximum absolute atomic E-state index is 13.4. The Morgan fingerprint density at radius 1 is 1.50 bits per heavy atom. The molecule has 0 aliphatic rings. The van der Waals surface area contributed by atoms with Gasteiger partial charge in [0, 0.05) is 32.8 Å². The van der Waals surface area contributed by atoms with Crippen molar-refractivity contribution in [3.8, 4) is 0 Å². The molecule has 1 amide bonds. The molecule has 0 bridgehead atoms. The molecule has 0 saturated carbocycles. The lowest BCUT2D eigenvalue weighted by molar-refractivity contribution is 0.0760. The van der Waals surface area contributed by atoms with Gasteiger partial charge < -0.3 is 15.4 Å². The number of rotatable bonds is 5. The molecule has 6 heteroatoms. The summed E-state index contributed by atoms with van der Waals surface area (Å²) in [5.74, 6) is -2.14. The Kier molecular flexibility index (Phi) is 5.18. The third-order valence-electron chi connectivity index (χ3n) is 2.40. The Bertz CT molecular complexity index is 427. The Morgan fingerprint density at radius 3 is 2.72 bits per heavy atom. The molecule has 0 radical (unpaired) electrons. The number of amides is 1. The summed E-state index contributed by atoms with van der Waals surface area (Å²) in [6.45, 7) is 0.521. The van der Waals surface area contributed by atoms with E-state index in [4.69, 9.17) is 10.5 Å². The highest BCUT2D eigenvalue weighted by atomic mass is 19.1. The van der Waals surface area contributed by atoms with Gasteiger partial charge in [-0.2, -0.15) is 0 Å². The lowest BCUT2D eigenvalue weighted by Gasteiger charge is -2.21. The van der Waals surface area contributed by atoms with Crippen molar-refractivity contribution in [2.24, 2.45) is 5.73 Å². The highest BCUT2D eigenvalue weighted by Gasteiger charge is 2.18. The van der Waals surface area contributed by atoms with E-state index in [2.05, 4.69) is 0 Å². The molecule has 0 fully saturated rings. The molecule has 0 aliphatic heterocycles. The molecular formula is C12H16F2N2O2. The first-order chi connectivity index (χ1) is 8.45. The first-order valence-corrected chi connectivity index (χ1v) is 5.40.